The van der Waals surface area contributed by atoms with Crippen LogP contribution in [0.1, 0.15) is 6.92 Å². The van der Waals surface area contributed by atoms with Gasteiger partial charge in [-0.2, -0.15) is 0 Å². The summed E-state index contributed by atoms with van der Waals surface area (Å²) in [4.78, 5) is 20.4. The highest BCUT2D eigenvalue weighted by molar-refractivity contribution is 5.68. The second-order valence-electron chi connectivity index (χ2n) is 3.44. The molecule has 0 atom stereocenters. The zero-order valence-corrected chi connectivity index (χ0v) is 10.2. The smallest absolute Gasteiger partial charge is 0.320 e. The molecule has 0 heterocycles. The Balaban J connectivity index is 3.34. The normalized spacial score (nSPS) is 10.0. The number of nitrogens with one attached hydrogen (secondary N) is 1. The summed E-state index contributed by atoms with van der Waals surface area (Å²) in [5.41, 5.74) is -0.802. The molecule has 0 spiro atoms. The van der Waals surface area contributed by atoms with Gasteiger partial charge in [0.05, 0.1) is 23.1 Å². The van der Waals surface area contributed by atoms with E-state index in [0.717, 1.165) is 12.1 Å². The molecule has 2 N–H and O–H groups in total. The van der Waals surface area contributed by atoms with Crippen LogP contribution in [0.3, 0.4) is 0 Å². The number of hydrogen-bond acceptors (Lipinski definition) is 7. The molecule has 0 unspecified atom stereocenters. The molecule has 0 bridgehead atoms. The predicted molar refractivity (Wildman–Crippen MR) is 66.5 cm³/mol. The van der Waals surface area contributed by atoms with Gasteiger partial charge in [0.15, 0.2) is 0 Å². The van der Waals surface area contributed by atoms with Gasteiger partial charge in [-0.3, -0.25) is 20.2 Å². The highest BCUT2D eigenvalue weighted by Crippen LogP contribution is 2.39. The highest BCUT2D eigenvalue weighted by atomic mass is 16.6. The number of rotatable bonds is 7. The average molecular weight is 271 g/mol. The van der Waals surface area contributed by atoms with E-state index in [4.69, 9.17) is 9.84 Å². The molecule has 0 amide bonds. The van der Waals surface area contributed by atoms with Gasteiger partial charge in [-0.1, -0.05) is 0 Å². The zero-order chi connectivity index (χ0) is 14.4. The van der Waals surface area contributed by atoms with E-state index in [2.05, 4.69) is 5.32 Å². The minimum atomic E-state index is -0.748. The average Bonchev–Trinajstić information content (AvgIpc) is 2.36. The maximum absolute atomic E-state index is 10.9. The van der Waals surface area contributed by atoms with Crippen LogP contribution in [0.15, 0.2) is 12.1 Å². The minimum absolute atomic E-state index is 0.0745. The Morgan fingerprint density at radius 2 is 1.79 bits per heavy atom. The first-order valence-electron chi connectivity index (χ1n) is 5.45. The minimum Gasteiger partial charge on any atom is -0.482 e. The lowest BCUT2D eigenvalue weighted by atomic mass is 10.2. The summed E-state index contributed by atoms with van der Waals surface area (Å²) >= 11 is 0. The molecule has 9 heteroatoms. The number of hydrogen-bond donors (Lipinski definition) is 2. The Bertz CT molecular complexity index is 455. The molecule has 0 aliphatic carbocycles. The van der Waals surface area contributed by atoms with Gasteiger partial charge >= 0.3 is 11.4 Å². The summed E-state index contributed by atoms with van der Waals surface area (Å²) in [6, 6.07) is 2.27. The fourth-order valence-electron chi connectivity index (χ4n) is 1.46. The molecule has 1 aromatic carbocycles. The Morgan fingerprint density at radius 1 is 1.26 bits per heavy atom. The summed E-state index contributed by atoms with van der Waals surface area (Å²) in [6.45, 7) is 1.58. The van der Waals surface area contributed by atoms with Crippen molar-refractivity contribution in [1.29, 1.82) is 0 Å². The molecule has 0 aromatic heterocycles. The Hall–Kier alpha value is -2.42. The van der Waals surface area contributed by atoms with E-state index >= 15 is 0 Å². The zero-order valence-electron chi connectivity index (χ0n) is 10.2. The molecular formula is C10H13N3O6. The topological polar surface area (TPSA) is 128 Å². The van der Waals surface area contributed by atoms with Gasteiger partial charge in [0.1, 0.15) is 0 Å². The van der Waals surface area contributed by atoms with Gasteiger partial charge in [-0.25, -0.2) is 0 Å². The second kappa shape index (κ2) is 6.50. The third kappa shape index (κ3) is 3.52. The Kier molecular flexibility index (Phi) is 5.01. The maximum atomic E-state index is 10.9. The van der Waals surface area contributed by atoms with Crippen molar-refractivity contribution >= 4 is 17.1 Å². The fraction of sp³-hybridized carbons (Fsp3) is 0.400. The summed E-state index contributed by atoms with van der Waals surface area (Å²) in [6.07, 6.45) is 0. The van der Waals surface area contributed by atoms with Gasteiger partial charge < -0.3 is 15.2 Å². The van der Waals surface area contributed by atoms with Gasteiger partial charge in [0.25, 0.3) is 5.75 Å². The van der Waals surface area contributed by atoms with Crippen LogP contribution in [0.25, 0.3) is 0 Å². The van der Waals surface area contributed by atoms with Crippen molar-refractivity contribution in [2.75, 3.05) is 25.1 Å². The van der Waals surface area contributed by atoms with Crippen LogP contribution >= 0.6 is 0 Å². The Labute approximate surface area is 108 Å². The van der Waals surface area contributed by atoms with Crippen molar-refractivity contribution in [1.82, 2.24) is 0 Å². The first-order valence-corrected chi connectivity index (χ1v) is 5.45. The molecule has 0 radical (unpaired) electrons. The predicted octanol–water partition coefficient (Wildman–Crippen LogP) is 1.31. The van der Waals surface area contributed by atoms with E-state index in [0.29, 0.717) is 0 Å². The quantitative estimate of drug-likeness (QED) is 0.565. The van der Waals surface area contributed by atoms with Crippen LogP contribution in [0, 0.1) is 20.2 Å². The van der Waals surface area contributed by atoms with Crippen molar-refractivity contribution in [3.05, 3.63) is 32.4 Å². The fourth-order valence-corrected chi connectivity index (χ4v) is 1.46. The summed E-state index contributed by atoms with van der Waals surface area (Å²) in [5.74, 6) is -0.368. The Morgan fingerprint density at radius 3 is 2.16 bits per heavy atom. The van der Waals surface area contributed by atoms with Crippen LogP contribution in [0.4, 0.5) is 17.1 Å². The number of ether oxygens (including phenoxy) is 1. The van der Waals surface area contributed by atoms with E-state index in [9.17, 15) is 20.2 Å². The first-order chi connectivity index (χ1) is 9.01. The van der Waals surface area contributed by atoms with Crippen molar-refractivity contribution in [3.63, 3.8) is 0 Å². The number of benzene rings is 1. The monoisotopic (exact) mass is 271 g/mol. The van der Waals surface area contributed by atoms with E-state index in [1.807, 2.05) is 0 Å². The number of nitrogens with zero attached hydrogens (tertiary/aromatic N) is 2. The molecule has 19 heavy (non-hydrogen) atoms. The van der Waals surface area contributed by atoms with Crippen molar-refractivity contribution < 1.29 is 19.7 Å². The third-order valence-corrected chi connectivity index (χ3v) is 2.17. The summed E-state index contributed by atoms with van der Waals surface area (Å²) < 4.78 is 4.99. The number of anilines is 1. The molecule has 0 saturated heterocycles. The molecule has 0 aliphatic heterocycles. The molecule has 9 nitrogen and oxygen atoms in total. The molecule has 104 valence electrons. The highest BCUT2D eigenvalue weighted by Gasteiger charge is 2.28. The second-order valence-corrected chi connectivity index (χ2v) is 3.44. The molecule has 0 fully saturated rings. The molecule has 1 aromatic rings. The maximum Gasteiger partial charge on any atom is 0.320 e. The van der Waals surface area contributed by atoms with Crippen LogP contribution in [0.5, 0.6) is 5.75 Å². The van der Waals surface area contributed by atoms with E-state index < -0.39 is 21.2 Å². The third-order valence-electron chi connectivity index (χ3n) is 2.17. The largest absolute Gasteiger partial charge is 0.482 e. The molecular weight excluding hydrogens is 258 g/mol. The molecule has 1 rings (SSSR count). The van der Waals surface area contributed by atoms with Crippen molar-refractivity contribution in [2.45, 2.75) is 6.92 Å². The number of aliphatic hydroxyl groups is 1. The lowest BCUT2D eigenvalue weighted by Gasteiger charge is -2.08. The molecule has 0 saturated carbocycles. The van der Waals surface area contributed by atoms with Crippen LogP contribution in [0.2, 0.25) is 0 Å². The van der Waals surface area contributed by atoms with Crippen LogP contribution in [-0.4, -0.2) is 34.7 Å². The SMILES string of the molecule is CCOc1c([N+](=O)[O-])cc(NCCO)cc1[N+](=O)[O-]. The van der Waals surface area contributed by atoms with Gasteiger partial charge in [0.2, 0.25) is 0 Å². The first kappa shape index (κ1) is 14.6. The van der Waals surface area contributed by atoms with E-state index in [1.54, 1.807) is 6.92 Å². The number of nitro groups is 2. The molecule has 0 aliphatic rings. The summed E-state index contributed by atoms with van der Waals surface area (Å²) in [5, 5.41) is 33.2. The van der Waals surface area contributed by atoms with E-state index in [-0.39, 0.29) is 31.2 Å². The van der Waals surface area contributed by atoms with Gasteiger partial charge in [0, 0.05) is 24.4 Å². The number of aliphatic hydroxyl groups excluding tert-OH is 1. The standard InChI is InChI=1S/C10H13N3O6/c1-2-19-10-8(12(15)16)5-7(11-3-4-14)6-9(10)13(17)18/h5-6,11,14H,2-4H2,1H3. The lowest BCUT2D eigenvalue weighted by molar-refractivity contribution is -0.395. The van der Waals surface area contributed by atoms with Crippen molar-refractivity contribution in [3.8, 4) is 5.75 Å². The van der Waals surface area contributed by atoms with Gasteiger partial charge in [-0.05, 0) is 6.92 Å². The van der Waals surface area contributed by atoms with Crippen LogP contribution < -0.4 is 10.1 Å². The number of nitro benzene ring substituents is 2. The van der Waals surface area contributed by atoms with Gasteiger partial charge in [-0.15, -0.1) is 0 Å². The summed E-state index contributed by atoms with van der Waals surface area (Å²) in [7, 11) is 0. The van der Waals surface area contributed by atoms with E-state index in [1.165, 1.54) is 0 Å². The van der Waals surface area contributed by atoms with Crippen molar-refractivity contribution in [2.24, 2.45) is 0 Å². The van der Waals surface area contributed by atoms with Crippen LogP contribution in [-0.2, 0) is 0 Å². The lowest BCUT2D eigenvalue weighted by Crippen LogP contribution is -2.08.